The molecule has 1 aliphatic heterocycles. The monoisotopic (exact) mass is 180 g/mol. The molecule has 0 amide bonds. The molecule has 0 aromatic rings. The molecule has 5 heteroatoms. The van der Waals surface area contributed by atoms with E-state index in [4.69, 9.17) is 0 Å². The Bertz CT molecular complexity index is 141. The molecule has 12 heavy (non-hydrogen) atoms. The Labute approximate surface area is 70.5 Å². The standard InChI is InChI=1S/C5H7F2NO.C2H7N/c6-5(7)1-4(2-9)8-3-5;1-3-2/h2,4,8H,1,3H2;3H,1-2H3. The normalized spacial score (nSPS) is 25.8. The highest BCUT2D eigenvalue weighted by molar-refractivity contribution is 5.58. The van der Waals surface area contributed by atoms with Gasteiger partial charge in [-0.25, -0.2) is 8.78 Å². The van der Waals surface area contributed by atoms with Crippen LogP contribution in [0.4, 0.5) is 8.78 Å². The van der Waals surface area contributed by atoms with Crippen LogP contribution >= 0.6 is 0 Å². The third-order valence-electron chi connectivity index (χ3n) is 1.31. The number of alkyl halides is 2. The fourth-order valence-electron chi connectivity index (χ4n) is 0.843. The molecule has 0 aromatic heterocycles. The molecule has 1 atom stereocenters. The van der Waals surface area contributed by atoms with Gasteiger partial charge in [0.15, 0.2) is 0 Å². The number of rotatable bonds is 1. The zero-order valence-electron chi connectivity index (χ0n) is 7.23. The zero-order chi connectivity index (χ0) is 9.61. The minimum absolute atomic E-state index is 0.351. The molecule has 0 spiro atoms. The molecule has 0 saturated carbocycles. The van der Waals surface area contributed by atoms with Gasteiger partial charge >= 0.3 is 0 Å². The van der Waals surface area contributed by atoms with Gasteiger partial charge in [0.1, 0.15) is 6.29 Å². The summed E-state index contributed by atoms with van der Waals surface area (Å²) in [5, 5.41) is 5.13. The Morgan fingerprint density at radius 2 is 2.08 bits per heavy atom. The highest BCUT2D eigenvalue weighted by Gasteiger charge is 2.38. The number of nitrogens with one attached hydrogen (secondary N) is 2. The maximum Gasteiger partial charge on any atom is 0.262 e. The van der Waals surface area contributed by atoms with Crippen molar-refractivity contribution >= 4 is 6.29 Å². The predicted octanol–water partition coefficient (Wildman–Crippen LogP) is 0.0181. The molecule has 3 nitrogen and oxygen atoms in total. The van der Waals surface area contributed by atoms with Crippen molar-refractivity contribution in [3.63, 3.8) is 0 Å². The van der Waals surface area contributed by atoms with Crippen LogP contribution in [0.3, 0.4) is 0 Å². The number of hydrogen-bond acceptors (Lipinski definition) is 3. The lowest BCUT2D eigenvalue weighted by atomic mass is 10.2. The number of halogens is 2. The Balaban J connectivity index is 0.000000354. The van der Waals surface area contributed by atoms with Gasteiger partial charge in [-0.2, -0.15) is 0 Å². The molecule has 0 radical (unpaired) electrons. The fourth-order valence-corrected chi connectivity index (χ4v) is 0.843. The molecule has 0 aliphatic carbocycles. The Morgan fingerprint density at radius 3 is 2.25 bits per heavy atom. The van der Waals surface area contributed by atoms with E-state index in [0.717, 1.165) is 0 Å². The van der Waals surface area contributed by atoms with Crippen LogP contribution in [0.2, 0.25) is 0 Å². The summed E-state index contributed by atoms with van der Waals surface area (Å²) < 4.78 is 24.3. The first-order valence-corrected chi connectivity index (χ1v) is 3.70. The molecule has 72 valence electrons. The molecule has 1 rings (SSSR count). The third kappa shape index (κ3) is 4.35. The van der Waals surface area contributed by atoms with Crippen LogP contribution in [-0.4, -0.2) is 38.9 Å². The van der Waals surface area contributed by atoms with E-state index in [9.17, 15) is 13.6 Å². The first-order chi connectivity index (χ1) is 5.55. The van der Waals surface area contributed by atoms with Crippen molar-refractivity contribution < 1.29 is 13.6 Å². The van der Waals surface area contributed by atoms with Gasteiger partial charge in [0.05, 0.1) is 12.6 Å². The number of carbonyl (C=O) groups excluding carboxylic acids is 1. The second-order valence-electron chi connectivity index (χ2n) is 2.68. The first kappa shape index (κ1) is 11.4. The SMILES string of the molecule is CNC.O=CC1CC(F)(F)CN1. The molecule has 1 heterocycles. The summed E-state index contributed by atoms with van der Waals surface area (Å²) in [7, 11) is 3.75. The smallest absolute Gasteiger partial charge is 0.262 e. The fraction of sp³-hybridized carbons (Fsp3) is 0.857. The van der Waals surface area contributed by atoms with Crippen molar-refractivity contribution in [3.8, 4) is 0 Å². The van der Waals surface area contributed by atoms with E-state index < -0.39 is 12.0 Å². The molecule has 0 aromatic carbocycles. The largest absolute Gasteiger partial charge is 0.323 e. The summed E-state index contributed by atoms with van der Waals surface area (Å²) in [6.45, 7) is -0.365. The van der Waals surface area contributed by atoms with E-state index in [0.29, 0.717) is 6.29 Å². The van der Waals surface area contributed by atoms with Crippen LogP contribution in [0, 0.1) is 0 Å². The van der Waals surface area contributed by atoms with E-state index in [1.54, 1.807) is 0 Å². The quantitative estimate of drug-likeness (QED) is 0.559. The molecule has 0 bridgehead atoms. The van der Waals surface area contributed by atoms with Crippen LogP contribution in [0.25, 0.3) is 0 Å². The summed E-state index contributed by atoms with van der Waals surface area (Å²) >= 11 is 0. The van der Waals surface area contributed by atoms with Gasteiger partial charge < -0.3 is 15.4 Å². The van der Waals surface area contributed by atoms with Crippen LogP contribution in [0.5, 0.6) is 0 Å². The summed E-state index contributed by atoms with van der Waals surface area (Å²) in [6, 6.07) is -0.639. The van der Waals surface area contributed by atoms with E-state index >= 15 is 0 Å². The van der Waals surface area contributed by atoms with Crippen molar-refractivity contribution in [2.24, 2.45) is 0 Å². The zero-order valence-corrected chi connectivity index (χ0v) is 7.23. The molecule has 1 saturated heterocycles. The maximum atomic E-state index is 12.2. The van der Waals surface area contributed by atoms with Crippen molar-refractivity contribution in [1.29, 1.82) is 0 Å². The first-order valence-electron chi connectivity index (χ1n) is 3.70. The van der Waals surface area contributed by atoms with Gasteiger partial charge in [-0.3, -0.25) is 0 Å². The van der Waals surface area contributed by atoms with Gasteiger partial charge in [0.2, 0.25) is 0 Å². The minimum atomic E-state index is -2.68. The molecule has 2 N–H and O–H groups in total. The van der Waals surface area contributed by atoms with Gasteiger partial charge in [0.25, 0.3) is 5.92 Å². The van der Waals surface area contributed by atoms with Gasteiger partial charge in [0, 0.05) is 6.42 Å². The molecular weight excluding hydrogens is 166 g/mol. The lowest BCUT2D eigenvalue weighted by molar-refractivity contribution is -0.109. The minimum Gasteiger partial charge on any atom is -0.323 e. The van der Waals surface area contributed by atoms with Crippen LogP contribution < -0.4 is 10.6 Å². The van der Waals surface area contributed by atoms with E-state index in [1.165, 1.54) is 0 Å². The number of carbonyl (C=O) groups is 1. The number of aldehydes is 1. The van der Waals surface area contributed by atoms with Crippen molar-refractivity contribution in [1.82, 2.24) is 10.6 Å². The summed E-state index contributed by atoms with van der Waals surface area (Å²) in [5.41, 5.74) is 0. The lowest BCUT2D eigenvalue weighted by Crippen LogP contribution is -2.23. The second-order valence-corrected chi connectivity index (χ2v) is 2.68. The van der Waals surface area contributed by atoms with E-state index in [-0.39, 0.29) is 13.0 Å². The van der Waals surface area contributed by atoms with E-state index in [1.807, 2.05) is 14.1 Å². The van der Waals surface area contributed by atoms with Crippen LogP contribution in [-0.2, 0) is 4.79 Å². The Kier molecular flexibility index (Phi) is 4.92. The predicted molar refractivity (Wildman–Crippen MR) is 42.4 cm³/mol. The molecule has 1 unspecified atom stereocenters. The summed E-state index contributed by atoms with van der Waals surface area (Å²) in [5.74, 6) is -2.68. The average Bonchev–Trinajstić information content (AvgIpc) is 2.32. The number of hydrogen-bond donors (Lipinski definition) is 2. The third-order valence-corrected chi connectivity index (χ3v) is 1.31. The highest BCUT2D eigenvalue weighted by Crippen LogP contribution is 2.23. The topological polar surface area (TPSA) is 41.1 Å². The summed E-state index contributed by atoms with van der Waals surface area (Å²) in [6.07, 6.45) is 0.164. The highest BCUT2D eigenvalue weighted by atomic mass is 19.3. The lowest BCUT2D eigenvalue weighted by Gasteiger charge is -2.02. The van der Waals surface area contributed by atoms with Crippen LogP contribution in [0.1, 0.15) is 6.42 Å². The Morgan fingerprint density at radius 1 is 1.58 bits per heavy atom. The van der Waals surface area contributed by atoms with Crippen molar-refractivity contribution in [2.45, 2.75) is 18.4 Å². The van der Waals surface area contributed by atoms with Gasteiger partial charge in [-0.15, -0.1) is 0 Å². The summed E-state index contributed by atoms with van der Waals surface area (Å²) in [4.78, 5) is 9.90. The molecule has 1 aliphatic rings. The maximum absolute atomic E-state index is 12.2. The molecular formula is C7H14F2N2O. The average molecular weight is 180 g/mol. The molecule has 1 fully saturated rings. The van der Waals surface area contributed by atoms with E-state index in [2.05, 4.69) is 10.6 Å². The van der Waals surface area contributed by atoms with Crippen molar-refractivity contribution in [2.75, 3.05) is 20.6 Å². The van der Waals surface area contributed by atoms with Crippen molar-refractivity contribution in [3.05, 3.63) is 0 Å². The van der Waals surface area contributed by atoms with Gasteiger partial charge in [-0.05, 0) is 14.1 Å². The second kappa shape index (κ2) is 5.16. The Hall–Kier alpha value is -0.550. The van der Waals surface area contributed by atoms with Crippen LogP contribution in [0.15, 0.2) is 0 Å². The van der Waals surface area contributed by atoms with Gasteiger partial charge in [-0.1, -0.05) is 0 Å².